The lowest BCUT2D eigenvalue weighted by Crippen LogP contribution is -2.40. The first kappa shape index (κ1) is 22.1. The standard InChI is InChI=1S/C15H24ClN3O3.HI/c1-5-22-14-12(16)6-11(7-13(14)21-4)8-18-15(17)19-10(2)9-20-3;/h6-7,10H,5,8-9H2,1-4H3,(H3,17,18,19);1H. The second-order valence-corrected chi connectivity index (χ2v) is 5.15. The number of ether oxygens (including phenoxy) is 3. The largest absolute Gasteiger partial charge is 0.493 e. The van der Waals surface area contributed by atoms with Crippen molar-refractivity contribution >= 4 is 41.5 Å². The summed E-state index contributed by atoms with van der Waals surface area (Å²) in [5, 5.41) is 3.53. The van der Waals surface area contributed by atoms with Gasteiger partial charge in [0, 0.05) is 13.2 Å². The molecule has 0 aliphatic carbocycles. The van der Waals surface area contributed by atoms with Crippen LogP contribution in [0.25, 0.3) is 0 Å². The second kappa shape index (κ2) is 11.6. The van der Waals surface area contributed by atoms with Gasteiger partial charge in [0.05, 0.1) is 31.9 Å². The van der Waals surface area contributed by atoms with Crippen molar-refractivity contribution in [1.29, 1.82) is 0 Å². The van der Waals surface area contributed by atoms with E-state index in [0.29, 0.717) is 42.2 Å². The zero-order chi connectivity index (χ0) is 16.5. The summed E-state index contributed by atoms with van der Waals surface area (Å²) in [6, 6.07) is 3.73. The third kappa shape index (κ3) is 7.45. The van der Waals surface area contributed by atoms with Gasteiger partial charge in [-0.2, -0.15) is 0 Å². The molecule has 0 radical (unpaired) electrons. The van der Waals surface area contributed by atoms with Gasteiger partial charge in [-0.1, -0.05) is 11.6 Å². The van der Waals surface area contributed by atoms with Crippen LogP contribution in [-0.2, 0) is 11.3 Å². The number of guanidine groups is 1. The highest BCUT2D eigenvalue weighted by Gasteiger charge is 2.11. The molecule has 132 valence electrons. The van der Waals surface area contributed by atoms with Gasteiger partial charge in [-0.05, 0) is 31.5 Å². The number of nitrogens with two attached hydrogens (primary N) is 1. The van der Waals surface area contributed by atoms with E-state index in [4.69, 9.17) is 31.5 Å². The summed E-state index contributed by atoms with van der Waals surface area (Å²) in [5.74, 6) is 1.48. The van der Waals surface area contributed by atoms with Crippen LogP contribution in [-0.4, -0.2) is 39.4 Å². The fourth-order valence-corrected chi connectivity index (χ4v) is 2.20. The van der Waals surface area contributed by atoms with Crippen LogP contribution in [0.4, 0.5) is 0 Å². The third-order valence-corrected chi connectivity index (χ3v) is 3.10. The summed E-state index contributed by atoms with van der Waals surface area (Å²) in [6.45, 7) is 5.31. The quantitative estimate of drug-likeness (QED) is 0.357. The van der Waals surface area contributed by atoms with E-state index in [1.165, 1.54) is 0 Å². The molecule has 1 rings (SSSR count). The van der Waals surface area contributed by atoms with Crippen LogP contribution in [0.2, 0.25) is 5.02 Å². The van der Waals surface area contributed by atoms with Gasteiger partial charge in [0.1, 0.15) is 0 Å². The first-order valence-electron chi connectivity index (χ1n) is 7.06. The van der Waals surface area contributed by atoms with E-state index in [-0.39, 0.29) is 30.0 Å². The van der Waals surface area contributed by atoms with Crippen LogP contribution in [0.3, 0.4) is 0 Å². The molecule has 0 spiro atoms. The number of hydrogen-bond acceptors (Lipinski definition) is 4. The lowest BCUT2D eigenvalue weighted by molar-refractivity contribution is 0.179. The van der Waals surface area contributed by atoms with Crippen LogP contribution >= 0.6 is 35.6 Å². The van der Waals surface area contributed by atoms with Gasteiger partial charge in [-0.3, -0.25) is 0 Å². The molecule has 23 heavy (non-hydrogen) atoms. The van der Waals surface area contributed by atoms with Crippen LogP contribution < -0.4 is 20.5 Å². The Labute approximate surface area is 159 Å². The lowest BCUT2D eigenvalue weighted by atomic mass is 10.2. The summed E-state index contributed by atoms with van der Waals surface area (Å²) in [7, 11) is 3.21. The monoisotopic (exact) mass is 457 g/mol. The Morgan fingerprint density at radius 1 is 1.39 bits per heavy atom. The van der Waals surface area contributed by atoms with Crippen molar-refractivity contribution in [3.63, 3.8) is 0 Å². The Morgan fingerprint density at radius 3 is 2.65 bits per heavy atom. The van der Waals surface area contributed by atoms with Gasteiger partial charge in [0.2, 0.25) is 0 Å². The van der Waals surface area contributed by atoms with E-state index < -0.39 is 0 Å². The maximum atomic E-state index is 6.22. The minimum atomic E-state index is 0. The summed E-state index contributed by atoms with van der Waals surface area (Å²) in [6.07, 6.45) is 0. The number of benzene rings is 1. The Kier molecular flexibility index (Phi) is 11.1. The molecule has 0 heterocycles. The number of nitrogens with zero attached hydrogens (tertiary/aromatic N) is 1. The van der Waals surface area contributed by atoms with Gasteiger partial charge >= 0.3 is 0 Å². The average Bonchev–Trinajstić information content (AvgIpc) is 2.47. The molecule has 0 aliphatic heterocycles. The molecule has 0 bridgehead atoms. The van der Waals surface area contributed by atoms with Gasteiger partial charge in [-0.25, -0.2) is 4.99 Å². The number of nitrogens with one attached hydrogen (secondary N) is 1. The van der Waals surface area contributed by atoms with E-state index >= 15 is 0 Å². The molecule has 1 aromatic rings. The van der Waals surface area contributed by atoms with Crippen LogP contribution in [0.1, 0.15) is 19.4 Å². The number of hydrogen-bond donors (Lipinski definition) is 2. The molecule has 0 aromatic heterocycles. The highest BCUT2D eigenvalue weighted by Crippen LogP contribution is 2.36. The van der Waals surface area contributed by atoms with Gasteiger partial charge in [0.15, 0.2) is 17.5 Å². The van der Waals surface area contributed by atoms with Crippen molar-refractivity contribution in [2.24, 2.45) is 10.7 Å². The molecule has 0 fully saturated rings. The highest BCUT2D eigenvalue weighted by atomic mass is 127. The number of methoxy groups -OCH3 is 2. The van der Waals surface area contributed by atoms with Crippen LogP contribution in [0, 0.1) is 0 Å². The summed E-state index contributed by atoms with van der Waals surface area (Å²) < 4.78 is 15.8. The second-order valence-electron chi connectivity index (χ2n) is 4.74. The normalized spacial score (nSPS) is 12.3. The molecule has 3 N–H and O–H groups in total. The smallest absolute Gasteiger partial charge is 0.189 e. The van der Waals surface area contributed by atoms with E-state index in [9.17, 15) is 0 Å². The average molecular weight is 458 g/mol. The molecule has 0 amide bonds. The minimum absolute atomic E-state index is 0. The summed E-state index contributed by atoms with van der Waals surface area (Å²) in [5.41, 5.74) is 6.72. The van der Waals surface area contributed by atoms with E-state index in [1.807, 2.05) is 19.9 Å². The number of halogens is 2. The molecule has 0 saturated carbocycles. The Morgan fingerprint density at radius 2 is 2.09 bits per heavy atom. The van der Waals surface area contributed by atoms with Crippen molar-refractivity contribution in [2.45, 2.75) is 26.4 Å². The van der Waals surface area contributed by atoms with Gasteiger partial charge < -0.3 is 25.3 Å². The number of rotatable bonds is 8. The molecule has 1 atom stereocenters. The van der Waals surface area contributed by atoms with Crippen molar-refractivity contribution in [2.75, 3.05) is 27.4 Å². The fraction of sp³-hybridized carbons (Fsp3) is 0.533. The first-order chi connectivity index (χ1) is 10.5. The third-order valence-electron chi connectivity index (χ3n) is 2.82. The molecule has 6 nitrogen and oxygen atoms in total. The first-order valence-corrected chi connectivity index (χ1v) is 7.44. The molecule has 1 aromatic carbocycles. The SMILES string of the molecule is CCOc1c(Cl)cc(CN=C(N)NC(C)COC)cc1OC.I. The van der Waals surface area contributed by atoms with Gasteiger partial charge in [-0.15, -0.1) is 24.0 Å². The lowest BCUT2D eigenvalue weighted by Gasteiger charge is -2.14. The molecular formula is C15H25ClIN3O3. The highest BCUT2D eigenvalue weighted by molar-refractivity contribution is 14.0. The number of aliphatic imine (C=N–C) groups is 1. The maximum absolute atomic E-state index is 6.22. The molecule has 0 saturated heterocycles. The topological polar surface area (TPSA) is 78.1 Å². The zero-order valence-corrected chi connectivity index (χ0v) is 17.0. The van der Waals surface area contributed by atoms with E-state index in [2.05, 4.69) is 10.3 Å². The van der Waals surface area contributed by atoms with Crippen molar-refractivity contribution in [3.05, 3.63) is 22.7 Å². The van der Waals surface area contributed by atoms with Gasteiger partial charge in [0.25, 0.3) is 0 Å². The predicted octanol–water partition coefficient (Wildman–Crippen LogP) is 2.80. The van der Waals surface area contributed by atoms with Crippen LogP contribution in [0.15, 0.2) is 17.1 Å². The van der Waals surface area contributed by atoms with Crippen molar-refractivity contribution < 1.29 is 14.2 Å². The fourth-order valence-electron chi connectivity index (χ4n) is 1.92. The minimum Gasteiger partial charge on any atom is -0.493 e. The molecule has 8 heteroatoms. The molecular weight excluding hydrogens is 433 g/mol. The predicted molar refractivity (Wildman–Crippen MR) is 104 cm³/mol. The summed E-state index contributed by atoms with van der Waals surface area (Å²) in [4.78, 5) is 4.28. The Hall–Kier alpha value is -0.930. The maximum Gasteiger partial charge on any atom is 0.189 e. The molecule has 1 unspecified atom stereocenters. The zero-order valence-electron chi connectivity index (χ0n) is 13.9. The van der Waals surface area contributed by atoms with Crippen LogP contribution in [0.5, 0.6) is 11.5 Å². The van der Waals surface area contributed by atoms with Crippen molar-refractivity contribution in [1.82, 2.24) is 5.32 Å². The van der Waals surface area contributed by atoms with E-state index in [0.717, 1.165) is 5.56 Å². The summed E-state index contributed by atoms with van der Waals surface area (Å²) >= 11 is 6.22. The van der Waals surface area contributed by atoms with E-state index in [1.54, 1.807) is 20.3 Å². The molecule has 0 aliphatic rings. The Balaban J connectivity index is 0.00000484. The van der Waals surface area contributed by atoms with Crippen molar-refractivity contribution in [3.8, 4) is 11.5 Å². The Bertz CT molecular complexity index is 515.